The molecule has 0 aromatic heterocycles. The molecule has 1 aromatic rings. The SMILES string of the molecule is Nc1ccc2c(c1)N(C(=O)C1CCC1)CC2. The minimum Gasteiger partial charge on any atom is -0.399 e. The van der Waals surface area contributed by atoms with Gasteiger partial charge in [-0.05, 0) is 37.0 Å². The van der Waals surface area contributed by atoms with Crippen LogP contribution in [0.3, 0.4) is 0 Å². The highest BCUT2D eigenvalue weighted by Crippen LogP contribution is 2.35. The number of nitrogens with two attached hydrogens (primary N) is 1. The lowest BCUT2D eigenvalue weighted by Crippen LogP contribution is -2.37. The summed E-state index contributed by atoms with van der Waals surface area (Å²) in [5.41, 5.74) is 8.81. The Labute approximate surface area is 95.2 Å². The summed E-state index contributed by atoms with van der Waals surface area (Å²) in [5.74, 6) is 0.572. The number of nitrogens with zero attached hydrogens (tertiary/aromatic N) is 1. The first-order chi connectivity index (χ1) is 7.75. The van der Waals surface area contributed by atoms with E-state index in [9.17, 15) is 4.79 Å². The van der Waals surface area contributed by atoms with Gasteiger partial charge in [-0.3, -0.25) is 4.79 Å². The van der Waals surface area contributed by atoms with Crippen LogP contribution in [0.4, 0.5) is 11.4 Å². The molecule has 1 heterocycles. The van der Waals surface area contributed by atoms with Crippen molar-refractivity contribution >= 4 is 17.3 Å². The van der Waals surface area contributed by atoms with Crippen LogP contribution in [0.1, 0.15) is 24.8 Å². The summed E-state index contributed by atoms with van der Waals surface area (Å²) in [4.78, 5) is 14.1. The topological polar surface area (TPSA) is 46.3 Å². The number of anilines is 2. The third-order valence-corrected chi connectivity index (χ3v) is 3.73. The second-order valence-corrected chi connectivity index (χ2v) is 4.76. The summed E-state index contributed by atoms with van der Waals surface area (Å²) in [6, 6.07) is 5.88. The molecular formula is C13H16N2O. The molecule has 1 saturated carbocycles. The zero-order chi connectivity index (χ0) is 11.1. The van der Waals surface area contributed by atoms with Crippen molar-refractivity contribution in [3.63, 3.8) is 0 Å². The Morgan fingerprint density at radius 1 is 1.38 bits per heavy atom. The quantitative estimate of drug-likeness (QED) is 0.729. The molecule has 0 radical (unpaired) electrons. The largest absolute Gasteiger partial charge is 0.399 e. The number of carbonyl (C=O) groups excluding carboxylic acids is 1. The van der Waals surface area contributed by atoms with Crippen molar-refractivity contribution in [1.29, 1.82) is 0 Å². The second-order valence-electron chi connectivity index (χ2n) is 4.76. The molecule has 3 heteroatoms. The Morgan fingerprint density at radius 3 is 2.88 bits per heavy atom. The summed E-state index contributed by atoms with van der Waals surface area (Å²) in [5, 5.41) is 0. The fourth-order valence-electron chi connectivity index (χ4n) is 2.50. The van der Waals surface area contributed by atoms with E-state index in [0.717, 1.165) is 37.2 Å². The van der Waals surface area contributed by atoms with E-state index in [2.05, 4.69) is 0 Å². The highest BCUT2D eigenvalue weighted by atomic mass is 16.2. The van der Waals surface area contributed by atoms with Crippen LogP contribution in [-0.4, -0.2) is 12.5 Å². The third-order valence-electron chi connectivity index (χ3n) is 3.73. The zero-order valence-corrected chi connectivity index (χ0v) is 9.28. The minimum absolute atomic E-state index is 0.271. The molecule has 1 aliphatic heterocycles. The van der Waals surface area contributed by atoms with Gasteiger partial charge in [0, 0.05) is 23.8 Å². The van der Waals surface area contributed by atoms with Crippen LogP contribution in [-0.2, 0) is 11.2 Å². The molecule has 3 nitrogen and oxygen atoms in total. The summed E-state index contributed by atoms with van der Waals surface area (Å²) in [6.45, 7) is 0.828. The van der Waals surface area contributed by atoms with Crippen molar-refractivity contribution in [2.75, 3.05) is 17.2 Å². The van der Waals surface area contributed by atoms with E-state index in [1.54, 1.807) is 0 Å². The van der Waals surface area contributed by atoms with Crippen LogP contribution in [0.2, 0.25) is 0 Å². The first-order valence-electron chi connectivity index (χ1n) is 5.95. The van der Waals surface area contributed by atoms with Crippen LogP contribution < -0.4 is 10.6 Å². The lowest BCUT2D eigenvalue weighted by Gasteiger charge is -2.29. The maximum Gasteiger partial charge on any atom is 0.230 e. The fourth-order valence-corrected chi connectivity index (χ4v) is 2.50. The van der Waals surface area contributed by atoms with E-state index < -0.39 is 0 Å². The fraction of sp³-hybridized carbons (Fsp3) is 0.462. The van der Waals surface area contributed by atoms with Gasteiger partial charge >= 0.3 is 0 Å². The average molecular weight is 216 g/mol. The number of amides is 1. The van der Waals surface area contributed by atoms with E-state index in [1.807, 2.05) is 23.1 Å². The smallest absolute Gasteiger partial charge is 0.230 e. The van der Waals surface area contributed by atoms with E-state index in [4.69, 9.17) is 5.73 Å². The lowest BCUT2D eigenvalue weighted by molar-refractivity contribution is -0.124. The Balaban J connectivity index is 1.89. The molecule has 0 atom stereocenters. The monoisotopic (exact) mass is 216 g/mol. The van der Waals surface area contributed by atoms with Crippen molar-refractivity contribution < 1.29 is 4.79 Å². The van der Waals surface area contributed by atoms with Crippen LogP contribution in [0, 0.1) is 5.92 Å². The van der Waals surface area contributed by atoms with Gasteiger partial charge in [0.1, 0.15) is 0 Å². The molecule has 0 saturated heterocycles. The number of carbonyl (C=O) groups is 1. The Hall–Kier alpha value is -1.51. The number of rotatable bonds is 1. The normalized spacial score (nSPS) is 19.4. The predicted octanol–water partition coefficient (Wildman–Crippen LogP) is 1.96. The summed E-state index contributed by atoms with van der Waals surface area (Å²) < 4.78 is 0. The molecule has 84 valence electrons. The standard InChI is InChI=1S/C13H16N2O/c14-11-5-4-9-6-7-15(12(9)8-11)13(16)10-2-1-3-10/h4-5,8,10H,1-3,6-7,14H2. The van der Waals surface area contributed by atoms with Crippen molar-refractivity contribution in [2.45, 2.75) is 25.7 Å². The maximum atomic E-state index is 12.2. The van der Waals surface area contributed by atoms with Gasteiger partial charge in [0.25, 0.3) is 0 Å². The van der Waals surface area contributed by atoms with Gasteiger partial charge in [0.05, 0.1) is 0 Å². The summed E-state index contributed by atoms with van der Waals surface area (Å²) in [6.07, 6.45) is 4.29. The van der Waals surface area contributed by atoms with Gasteiger partial charge in [0.15, 0.2) is 0 Å². The lowest BCUT2D eigenvalue weighted by atomic mass is 9.84. The predicted molar refractivity (Wildman–Crippen MR) is 64.3 cm³/mol. The molecule has 2 N–H and O–H groups in total. The van der Waals surface area contributed by atoms with Gasteiger partial charge in [-0.2, -0.15) is 0 Å². The van der Waals surface area contributed by atoms with E-state index in [1.165, 1.54) is 12.0 Å². The molecule has 3 rings (SSSR count). The molecule has 16 heavy (non-hydrogen) atoms. The average Bonchev–Trinajstić information content (AvgIpc) is 2.57. The Bertz CT molecular complexity index is 438. The number of fused-ring (bicyclic) bond motifs is 1. The van der Waals surface area contributed by atoms with E-state index >= 15 is 0 Å². The van der Waals surface area contributed by atoms with Gasteiger partial charge in [-0.25, -0.2) is 0 Å². The molecule has 2 aliphatic rings. The van der Waals surface area contributed by atoms with E-state index in [0.29, 0.717) is 5.91 Å². The molecule has 0 spiro atoms. The van der Waals surface area contributed by atoms with Crippen molar-refractivity contribution in [1.82, 2.24) is 0 Å². The number of benzene rings is 1. The van der Waals surface area contributed by atoms with Crippen LogP contribution in [0.25, 0.3) is 0 Å². The van der Waals surface area contributed by atoms with Gasteiger partial charge < -0.3 is 10.6 Å². The molecule has 0 unspecified atom stereocenters. The number of hydrogen-bond donors (Lipinski definition) is 1. The first kappa shape index (κ1) is 9.70. The highest BCUT2D eigenvalue weighted by Gasteiger charge is 2.33. The van der Waals surface area contributed by atoms with Crippen LogP contribution in [0.15, 0.2) is 18.2 Å². The van der Waals surface area contributed by atoms with Gasteiger partial charge in [-0.15, -0.1) is 0 Å². The second kappa shape index (κ2) is 3.51. The van der Waals surface area contributed by atoms with Crippen molar-refractivity contribution in [3.05, 3.63) is 23.8 Å². The molecule has 1 amide bonds. The van der Waals surface area contributed by atoms with Crippen molar-refractivity contribution in [2.24, 2.45) is 5.92 Å². The van der Waals surface area contributed by atoms with Crippen LogP contribution in [0.5, 0.6) is 0 Å². The summed E-state index contributed by atoms with van der Waals surface area (Å²) >= 11 is 0. The first-order valence-corrected chi connectivity index (χ1v) is 5.95. The van der Waals surface area contributed by atoms with Gasteiger partial charge in [-0.1, -0.05) is 12.5 Å². The summed E-state index contributed by atoms with van der Waals surface area (Å²) in [7, 11) is 0. The number of hydrogen-bond acceptors (Lipinski definition) is 2. The van der Waals surface area contributed by atoms with Crippen LogP contribution >= 0.6 is 0 Å². The maximum absolute atomic E-state index is 12.2. The molecular weight excluding hydrogens is 200 g/mol. The minimum atomic E-state index is 0.271. The third kappa shape index (κ3) is 1.39. The molecule has 1 aliphatic carbocycles. The number of nitrogen functional groups attached to an aromatic ring is 1. The Morgan fingerprint density at radius 2 is 2.19 bits per heavy atom. The molecule has 1 fully saturated rings. The highest BCUT2D eigenvalue weighted by molar-refractivity contribution is 5.97. The Kier molecular flexibility index (Phi) is 2.13. The zero-order valence-electron chi connectivity index (χ0n) is 9.28. The van der Waals surface area contributed by atoms with E-state index in [-0.39, 0.29) is 5.92 Å². The van der Waals surface area contributed by atoms with Gasteiger partial charge in [0.2, 0.25) is 5.91 Å². The van der Waals surface area contributed by atoms with Crippen molar-refractivity contribution in [3.8, 4) is 0 Å². The molecule has 0 bridgehead atoms. The molecule has 1 aromatic carbocycles.